The van der Waals surface area contributed by atoms with Gasteiger partial charge in [0.1, 0.15) is 0 Å². The second-order valence-corrected chi connectivity index (χ2v) is 7.79. The molecule has 1 aliphatic rings. The van der Waals surface area contributed by atoms with Crippen LogP contribution in [-0.2, 0) is 10.0 Å². The van der Waals surface area contributed by atoms with Gasteiger partial charge in [-0.3, -0.25) is 14.8 Å². The molecule has 0 spiro atoms. The number of amides is 2. The summed E-state index contributed by atoms with van der Waals surface area (Å²) in [5.74, 6) is -1.26. The second kappa shape index (κ2) is 7.91. The normalized spacial score (nSPS) is 13.4. The van der Waals surface area contributed by atoms with Gasteiger partial charge in [-0.1, -0.05) is 12.1 Å². The van der Waals surface area contributed by atoms with Gasteiger partial charge in [0.05, 0.1) is 19.9 Å². The number of Topliss-reactive ketones (excluding diaryl/α,β-unsaturated/α-hetero) is 1. The maximum atomic E-state index is 13.1. The number of methoxy groups -OCH3 is 2. The van der Waals surface area contributed by atoms with Crippen molar-refractivity contribution in [2.45, 2.75) is 17.7 Å². The fraction of sp³-hybridized carbons (Fsp3) is 0.294. The Morgan fingerprint density at radius 1 is 1.10 bits per heavy atom. The molecule has 1 heterocycles. The maximum absolute atomic E-state index is 13.1. The lowest BCUT2D eigenvalue weighted by atomic mass is 10.1. The molecule has 4 N–H and O–H groups in total. The smallest absolute Gasteiger partial charge is 0.319 e. The summed E-state index contributed by atoms with van der Waals surface area (Å²) < 4.78 is 38.6. The van der Waals surface area contributed by atoms with Crippen molar-refractivity contribution in [3.05, 3.63) is 29.8 Å². The van der Waals surface area contributed by atoms with Gasteiger partial charge in [-0.05, 0) is 25.0 Å². The van der Waals surface area contributed by atoms with E-state index < -0.39 is 20.9 Å². The molecule has 12 heteroatoms. The Balaban J connectivity index is 2.04. The molecule has 3 rings (SSSR count). The number of anilines is 2. The molecule has 0 bridgehead atoms. The first-order chi connectivity index (χ1) is 13.8. The number of aromatic nitrogens is 2. The lowest BCUT2D eigenvalue weighted by molar-refractivity contribution is 0.0968. The average Bonchev–Trinajstić information content (AvgIpc) is 3.51. The molecule has 154 valence electrons. The van der Waals surface area contributed by atoms with Gasteiger partial charge >= 0.3 is 6.03 Å². The zero-order chi connectivity index (χ0) is 21.2. The first-order valence-electron chi connectivity index (χ1n) is 8.49. The van der Waals surface area contributed by atoms with Crippen molar-refractivity contribution < 1.29 is 27.5 Å². The van der Waals surface area contributed by atoms with Gasteiger partial charge in [-0.15, -0.1) is 0 Å². The number of benzene rings is 1. The molecule has 11 nitrogen and oxygen atoms in total. The largest absolute Gasteiger partial charge is 0.480 e. The van der Waals surface area contributed by atoms with Crippen molar-refractivity contribution in [2.75, 3.05) is 24.3 Å². The number of carbonyl (C=O) groups excluding carboxylic acids is 2. The van der Waals surface area contributed by atoms with Crippen LogP contribution in [0.5, 0.6) is 11.8 Å². The molecule has 0 aliphatic heterocycles. The van der Waals surface area contributed by atoms with Crippen LogP contribution in [0, 0.1) is 5.92 Å². The Kier molecular flexibility index (Phi) is 5.55. The maximum Gasteiger partial charge on any atom is 0.319 e. The van der Waals surface area contributed by atoms with E-state index in [4.69, 9.17) is 15.2 Å². The molecular formula is C17H19N5O6S. The molecule has 1 fully saturated rings. The summed E-state index contributed by atoms with van der Waals surface area (Å²) in [6.45, 7) is 0. The number of rotatable bonds is 8. The molecule has 1 aromatic carbocycles. The Morgan fingerprint density at radius 3 is 2.21 bits per heavy atom. The van der Waals surface area contributed by atoms with Crippen molar-refractivity contribution in [2.24, 2.45) is 11.7 Å². The van der Waals surface area contributed by atoms with Crippen molar-refractivity contribution in [3.63, 3.8) is 0 Å². The Morgan fingerprint density at radius 2 is 1.69 bits per heavy atom. The van der Waals surface area contributed by atoms with E-state index in [9.17, 15) is 18.0 Å². The van der Waals surface area contributed by atoms with Crippen LogP contribution in [-0.4, -0.2) is 44.4 Å². The van der Waals surface area contributed by atoms with Crippen molar-refractivity contribution in [1.82, 2.24) is 9.97 Å². The predicted octanol–water partition coefficient (Wildman–Crippen LogP) is 1.38. The number of carbonyl (C=O) groups is 2. The van der Waals surface area contributed by atoms with Crippen LogP contribution >= 0.6 is 0 Å². The minimum absolute atomic E-state index is 0.0905. The zero-order valence-electron chi connectivity index (χ0n) is 15.6. The molecule has 1 aliphatic carbocycles. The third-order valence-electron chi connectivity index (χ3n) is 4.08. The van der Waals surface area contributed by atoms with Crippen LogP contribution in [0.25, 0.3) is 0 Å². The Hall–Kier alpha value is -3.41. The molecule has 29 heavy (non-hydrogen) atoms. The topological polar surface area (TPSA) is 163 Å². The van der Waals surface area contributed by atoms with Gasteiger partial charge in [0, 0.05) is 11.5 Å². The molecule has 0 atom stereocenters. The molecule has 2 aromatic rings. The Bertz CT molecular complexity index is 1040. The number of ketones is 1. The molecule has 1 aromatic heterocycles. The van der Waals surface area contributed by atoms with Crippen LogP contribution in [0.15, 0.2) is 29.2 Å². The zero-order valence-corrected chi connectivity index (χ0v) is 16.4. The van der Waals surface area contributed by atoms with E-state index in [2.05, 4.69) is 20.0 Å². The van der Waals surface area contributed by atoms with Crippen LogP contribution < -0.4 is 25.2 Å². The quantitative estimate of drug-likeness (QED) is 0.538. The number of ether oxygens (including phenoxy) is 2. The van der Waals surface area contributed by atoms with Gasteiger partial charge < -0.3 is 15.2 Å². The van der Waals surface area contributed by atoms with Crippen LogP contribution in [0.3, 0.4) is 0 Å². The molecule has 0 unspecified atom stereocenters. The summed E-state index contributed by atoms with van der Waals surface area (Å²) in [5.41, 5.74) is 5.42. The number of hydrogen-bond donors (Lipinski definition) is 3. The highest BCUT2D eigenvalue weighted by atomic mass is 32.2. The van der Waals surface area contributed by atoms with Gasteiger partial charge in [0.25, 0.3) is 10.0 Å². The SMILES string of the molecule is COc1nc(NC(N)=O)nc(OC)c1S(=O)(=O)Nc1ccccc1C(=O)C1CC1. The van der Waals surface area contributed by atoms with Gasteiger partial charge in [-0.25, -0.2) is 13.2 Å². The second-order valence-electron chi connectivity index (χ2n) is 6.17. The third kappa shape index (κ3) is 4.37. The standard InChI is InChI=1S/C17H19N5O6S/c1-27-14-13(15(28-2)20-17(19-14)21-16(18)24)29(25,26)22-11-6-4-3-5-10(11)12(23)9-7-8-9/h3-6,9,22H,7-8H2,1-2H3,(H3,18,19,20,21,24). The minimum atomic E-state index is -4.33. The summed E-state index contributed by atoms with van der Waals surface area (Å²) in [5, 5.41) is 2.12. The first kappa shape index (κ1) is 20.3. The van der Waals surface area contributed by atoms with E-state index in [1.807, 2.05) is 0 Å². The monoisotopic (exact) mass is 421 g/mol. The molecule has 0 radical (unpaired) electrons. The number of nitrogens with one attached hydrogen (secondary N) is 2. The lowest BCUT2D eigenvalue weighted by Crippen LogP contribution is -2.23. The minimum Gasteiger partial charge on any atom is -0.480 e. The molecule has 1 saturated carbocycles. The van der Waals surface area contributed by atoms with Crippen molar-refractivity contribution >= 4 is 33.5 Å². The fourth-order valence-corrected chi connectivity index (χ4v) is 3.92. The van der Waals surface area contributed by atoms with Gasteiger partial charge in [0.2, 0.25) is 22.6 Å². The Labute approximate surface area is 166 Å². The van der Waals surface area contributed by atoms with Crippen LogP contribution in [0.1, 0.15) is 23.2 Å². The number of sulfonamides is 1. The van der Waals surface area contributed by atoms with E-state index in [0.29, 0.717) is 0 Å². The summed E-state index contributed by atoms with van der Waals surface area (Å²) in [6, 6.07) is 5.35. The summed E-state index contributed by atoms with van der Waals surface area (Å²) in [7, 11) is -1.94. The number of para-hydroxylation sites is 1. The van der Waals surface area contributed by atoms with Gasteiger partial charge in [0.15, 0.2) is 5.78 Å². The average molecular weight is 421 g/mol. The molecular weight excluding hydrogens is 402 g/mol. The number of hydrogen-bond acceptors (Lipinski definition) is 8. The first-order valence-corrected chi connectivity index (χ1v) is 9.97. The van der Waals surface area contributed by atoms with Crippen molar-refractivity contribution in [3.8, 4) is 11.8 Å². The van der Waals surface area contributed by atoms with E-state index in [-0.39, 0.29) is 40.7 Å². The van der Waals surface area contributed by atoms with Crippen LogP contribution in [0.2, 0.25) is 0 Å². The van der Waals surface area contributed by atoms with E-state index in [0.717, 1.165) is 12.8 Å². The summed E-state index contributed by atoms with van der Waals surface area (Å²) in [4.78, 5) is 30.7. The third-order valence-corrected chi connectivity index (χ3v) is 5.45. The highest BCUT2D eigenvalue weighted by Gasteiger charge is 2.34. The fourth-order valence-electron chi connectivity index (χ4n) is 2.63. The van der Waals surface area contributed by atoms with E-state index in [1.54, 1.807) is 18.2 Å². The number of primary amides is 1. The number of nitrogens with two attached hydrogens (primary N) is 1. The number of urea groups is 1. The van der Waals surface area contributed by atoms with Gasteiger partial charge in [-0.2, -0.15) is 9.97 Å². The summed E-state index contributed by atoms with van der Waals surface area (Å²) >= 11 is 0. The van der Waals surface area contributed by atoms with Crippen molar-refractivity contribution in [1.29, 1.82) is 0 Å². The summed E-state index contributed by atoms with van der Waals surface area (Å²) in [6.07, 6.45) is 1.56. The predicted molar refractivity (Wildman–Crippen MR) is 103 cm³/mol. The number of nitrogens with zero attached hydrogens (tertiary/aromatic N) is 2. The molecule has 2 amide bonds. The van der Waals surface area contributed by atoms with E-state index >= 15 is 0 Å². The molecule has 0 saturated heterocycles. The van der Waals surface area contributed by atoms with Crippen LogP contribution in [0.4, 0.5) is 16.4 Å². The van der Waals surface area contributed by atoms with E-state index in [1.165, 1.54) is 20.3 Å². The lowest BCUT2D eigenvalue weighted by Gasteiger charge is -2.16. The highest BCUT2D eigenvalue weighted by Crippen LogP contribution is 2.36. The highest BCUT2D eigenvalue weighted by molar-refractivity contribution is 7.93.